The Labute approximate surface area is 220 Å². The van der Waals surface area contributed by atoms with Gasteiger partial charge in [0.2, 0.25) is 5.91 Å². The molecule has 37 heavy (non-hydrogen) atoms. The summed E-state index contributed by atoms with van der Waals surface area (Å²) in [6.45, 7) is 13.1. The monoisotopic (exact) mass is 511 g/mol. The summed E-state index contributed by atoms with van der Waals surface area (Å²) >= 11 is 0. The molecule has 0 aliphatic carbocycles. The first-order valence-electron chi connectivity index (χ1n) is 12.6. The molecule has 3 amide bonds. The molecule has 0 aliphatic rings. The van der Waals surface area contributed by atoms with Crippen LogP contribution in [0, 0.1) is 19.8 Å². The number of likely N-dealkylation sites (N-methyl/N-ethyl adjacent to an activating group) is 1. The van der Waals surface area contributed by atoms with E-state index in [-0.39, 0.29) is 17.7 Å². The van der Waals surface area contributed by atoms with Gasteiger partial charge in [0, 0.05) is 12.7 Å². The van der Waals surface area contributed by atoms with E-state index in [1.165, 1.54) is 4.90 Å². The summed E-state index contributed by atoms with van der Waals surface area (Å²) < 4.78 is 10.6. The number of carbonyl (C=O) groups is 3. The van der Waals surface area contributed by atoms with Crippen LogP contribution in [0.15, 0.2) is 42.5 Å². The van der Waals surface area contributed by atoms with Gasteiger partial charge in [0.15, 0.2) is 0 Å². The van der Waals surface area contributed by atoms with Gasteiger partial charge in [-0.1, -0.05) is 38.5 Å². The molecule has 2 aromatic carbocycles. The lowest BCUT2D eigenvalue weighted by atomic mass is 9.95. The van der Waals surface area contributed by atoms with Crippen LogP contribution in [-0.2, 0) is 14.3 Å². The third-order valence-corrected chi connectivity index (χ3v) is 6.34. The SMILES string of the molecule is CCC(C)C(NC(=O)OC(C)(C)C)C(=O)N(C)C(C(=O)Nc1ccc(OC)cc1)c1ccc(C)c(C)c1. The number of hydrogen-bond donors (Lipinski definition) is 2. The van der Waals surface area contributed by atoms with Crippen molar-refractivity contribution < 1.29 is 23.9 Å². The second-order valence-electron chi connectivity index (χ2n) is 10.4. The molecule has 2 rings (SSSR count). The second kappa shape index (κ2) is 12.6. The van der Waals surface area contributed by atoms with Gasteiger partial charge in [-0.2, -0.15) is 0 Å². The number of methoxy groups -OCH3 is 1. The van der Waals surface area contributed by atoms with Gasteiger partial charge in [-0.25, -0.2) is 4.79 Å². The topological polar surface area (TPSA) is 97.0 Å². The van der Waals surface area contributed by atoms with E-state index < -0.39 is 23.8 Å². The first-order valence-corrected chi connectivity index (χ1v) is 12.6. The number of ether oxygens (including phenoxy) is 2. The fraction of sp³-hybridized carbons (Fsp3) is 0.483. The Bertz CT molecular complexity index is 1090. The van der Waals surface area contributed by atoms with Crippen LogP contribution in [0.25, 0.3) is 0 Å². The molecule has 0 bridgehead atoms. The first-order chi connectivity index (χ1) is 17.3. The minimum Gasteiger partial charge on any atom is -0.497 e. The summed E-state index contributed by atoms with van der Waals surface area (Å²) in [6, 6.07) is 10.9. The Hall–Kier alpha value is -3.55. The molecule has 0 saturated heterocycles. The van der Waals surface area contributed by atoms with Gasteiger partial charge in [0.25, 0.3) is 5.91 Å². The van der Waals surface area contributed by atoms with Gasteiger partial charge in [-0.05, 0) is 81.5 Å². The van der Waals surface area contributed by atoms with Crippen molar-refractivity contribution in [2.45, 2.75) is 72.6 Å². The number of benzene rings is 2. The van der Waals surface area contributed by atoms with Gasteiger partial charge in [0.1, 0.15) is 23.4 Å². The Morgan fingerprint density at radius 2 is 1.62 bits per heavy atom. The molecular weight excluding hydrogens is 470 g/mol. The van der Waals surface area contributed by atoms with Crippen molar-refractivity contribution in [1.82, 2.24) is 10.2 Å². The zero-order valence-electron chi connectivity index (χ0n) is 23.5. The number of nitrogens with one attached hydrogen (secondary N) is 2. The summed E-state index contributed by atoms with van der Waals surface area (Å²) in [7, 11) is 3.16. The lowest BCUT2D eigenvalue weighted by molar-refractivity contribution is -0.140. The molecule has 0 heterocycles. The number of alkyl carbamates (subject to hydrolysis) is 1. The lowest BCUT2D eigenvalue weighted by Crippen LogP contribution is -2.53. The Kier molecular flexibility index (Phi) is 10.1. The van der Waals surface area contributed by atoms with Gasteiger partial charge < -0.3 is 25.0 Å². The smallest absolute Gasteiger partial charge is 0.408 e. The number of hydrogen-bond acceptors (Lipinski definition) is 5. The van der Waals surface area contributed by atoms with E-state index in [0.717, 1.165) is 11.1 Å². The van der Waals surface area contributed by atoms with Crippen LogP contribution in [0.2, 0.25) is 0 Å². The second-order valence-corrected chi connectivity index (χ2v) is 10.4. The van der Waals surface area contributed by atoms with Crippen molar-refractivity contribution >= 4 is 23.6 Å². The van der Waals surface area contributed by atoms with Crippen molar-refractivity contribution in [1.29, 1.82) is 0 Å². The molecule has 0 fully saturated rings. The zero-order valence-corrected chi connectivity index (χ0v) is 23.5. The van der Waals surface area contributed by atoms with Gasteiger partial charge in [0.05, 0.1) is 7.11 Å². The highest BCUT2D eigenvalue weighted by atomic mass is 16.6. The van der Waals surface area contributed by atoms with Crippen LogP contribution >= 0.6 is 0 Å². The molecule has 0 aromatic heterocycles. The summed E-state index contributed by atoms with van der Waals surface area (Å²) in [5.41, 5.74) is 2.62. The highest BCUT2D eigenvalue weighted by molar-refractivity contribution is 5.99. The lowest BCUT2D eigenvalue weighted by Gasteiger charge is -2.33. The van der Waals surface area contributed by atoms with Crippen molar-refractivity contribution in [3.63, 3.8) is 0 Å². The molecule has 8 heteroatoms. The third-order valence-electron chi connectivity index (χ3n) is 6.34. The quantitative estimate of drug-likeness (QED) is 0.471. The van der Waals surface area contributed by atoms with Crippen molar-refractivity contribution in [3.05, 3.63) is 59.2 Å². The van der Waals surface area contributed by atoms with Gasteiger partial charge in [-0.3, -0.25) is 9.59 Å². The largest absolute Gasteiger partial charge is 0.497 e. The van der Waals surface area contributed by atoms with Gasteiger partial charge in [-0.15, -0.1) is 0 Å². The van der Waals surface area contributed by atoms with Gasteiger partial charge >= 0.3 is 6.09 Å². The maximum absolute atomic E-state index is 13.8. The molecular formula is C29H41N3O5. The molecule has 3 atom stereocenters. The van der Waals surface area contributed by atoms with E-state index in [0.29, 0.717) is 23.4 Å². The van der Waals surface area contributed by atoms with Crippen LogP contribution in [-0.4, -0.2) is 48.6 Å². The number of aryl methyl sites for hydroxylation is 2. The van der Waals surface area contributed by atoms with Crippen LogP contribution < -0.4 is 15.4 Å². The Morgan fingerprint density at radius 3 is 2.14 bits per heavy atom. The predicted molar refractivity (Wildman–Crippen MR) is 146 cm³/mol. The van der Waals surface area contributed by atoms with Crippen LogP contribution in [0.3, 0.4) is 0 Å². The highest BCUT2D eigenvalue weighted by Gasteiger charge is 2.36. The van der Waals surface area contributed by atoms with Crippen LogP contribution in [0.4, 0.5) is 10.5 Å². The molecule has 2 aromatic rings. The van der Waals surface area contributed by atoms with E-state index in [9.17, 15) is 14.4 Å². The molecule has 0 aliphatic heterocycles. The zero-order chi connectivity index (χ0) is 27.9. The van der Waals surface area contributed by atoms with Crippen LogP contribution in [0.1, 0.15) is 63.8 Å². The summed E-state index contributed by atoms with van der Waals surface area (Å²) in [5.74, 6) is -0.272. The first kappa shape index (κ1) is 29.7. The number of anilines is 1. The average molecular weight is 512 g/mol. The summed E-state index contributed by atoms with van der Waals surface area (Å²) in [4.78, 5) is 41.4. The Morgan fingerprint density at radius 1 is 1.00 bits per heavy atom. The average Bonchev–Trinajstić information content (AvgIpc) is 2.83. The fourth-order valence-electron chi connectivity index (χ4n) is 3.83. The minimum atomic E-state index is -0.930. The van der Waals surface area contributed by atoms with E-state index >= 15 is 0 Å². The van der Waals surface area contributed by atoms with E-state index in [1.807, 2.05) is 45.9 Å². The summed E-state index contributed by atoms with van der Waals surface area (Å²) in [6.07, 6.45) is -0.0307. The fourth-order valence-corrected chi connectivity index (χ4v) is 3.83. The van der Waals surface area contributed by atoms with E-state index in [1.54, 1.807) is 59.2 Å². The van der Waals surface area contributed by atoms with Crippen molar-refractivity contribution in [3.8, 4) is 5.75 Å². The number of rotatable bonds is 9. The maximum Gasteiger partial charge on any atom is 0.408 e. The molecule has 202 valence electrons. The van der Waals surface area contributed by atoms with E-state index in [4.69, 9.17) is 9.47 Å². The molecule has 3 unspecified atom stereocenters. The summed E-state index contributed by atoms with van der Waals surface area (Å²) in [5, 5.41) is 5.65. The van der Waals surface area contributed by atoms with Crippen molar-refractivity contribution in [2.75, 3.05) is 19.5 Å². The molecule has 0 radical (unpaired) electrons. The molecule has 0 saturated carbocycles. The van der Waals surface area contributed by atoms with E-state index in [2.05, 4.69) is 10.6 Å². The standard InChI is InChI=1S/C29H41N3O5/c1-10-18(2)24(31-28(35)37-29(5,6)7)27(34)32(8)25(21-12-11-19(3)20(4)17-21)26(33)30-22-13-15-23(36-9)16-14-22/h11-18,24-25H,10H2,1-9H3,(H,30,33)(H,31,35). The molecule has 2 N–H and O–H groups in total. The van der Waals surface area contributed by atoms with Crippen LogP contribution in [0.5, 0.6) is 5.75 Å². The number of nitrogens with zero attached hydrogens (tertiary/aromatic N) is 1. The molecule has 8 nitrogen and oxygen atoms in total. The number of amides is 3. The highest BCUT2D eigenvalue weighted by Crippen LogP contribution is 2.27. The molecule has 0 spiro atoms. The number of carbonyl (C=O) groups excluding carboxylic acids is 3. The van der Waals surface area contributed by atoms with Crippen molar-refractivity contribution in [2.24, 2.45) is 5.92 Å². The predicted octanol–water partition coefficient (Wildman–Crippen LogP) is 5.39. The maximum atomic E-state index is 13.8. The minimum absolute atomic E-state index is 0.187. The normalized spacial score (nSPS) is 13.6. The third kappa shape index (κ3) is 8.23. The Balaban J connectivity index is 2.42.